The van der Waals surface area contributed by atoms with E-state index in [-0.39, 0.29) is 11.0 Å². The Hall–Kier alpha value is -4.00. The maximum atomic E-state index is 13.0. The molecule has 6 rings (SSSR count). The molecule has 12 heteroatoms. The largest absolute Gasteiger partial charge is 0.489 e. The molecule has 2 aromatic carbocycles. The van der Waals surface area contributed by atoms with Crippen molar-refractivity contribution >= 4 is 33.0 Å². The first-order chi connectivity index (χ1) is 21.5. The van der Waals surface area contributed by atoms with E-state index in [1.807, 2.05) is 20.8 Å². The minimum atomic E-state index is -3.51. The lowest BCUT2D eigenvalue weighted by molar-refractivity contribution is 0.146. The molecule has 1 aliphatic heterocycles. The molecule has 238 valence electrons. The molecule has 1 fully saturated rings. The van der Waals surface area contributed by atoms with Gasteiger partial charge in [0.05, 0.1) is 39.0 Å². The fourth-order valence-corrected chi connectivity index (χ4v) is 6.96. The van der Waals surface area contributed by atoms with E-state index < -0.39 is 15.1 Å². The van der Waals surface area contributed by atoms with Crippen LogP contribution < -0.4 is 15.4 Å². The second-order valence-corrected chi connectivity index (χ2v) is 15.0. The SMILES string of the molecule is Cc1cnc(Nc2cc3c(cc2OC(C)C)Cc2c(CN4CCN(C)CC4)n[nH]c2-3)nc1Nc1ccccc1S(=O)(=O)C(C)C. The van der Waals surface area contributed by atoms with Crippen LogP contribution in [0.15, 0.2) is 47.5 Å². The number of hydrogen-bond donors (Lipinski definition) is 3. The molecule has 2 aromatic heterocycles. The molecule has 2 aliphatic rings. The Bertz CT molecular complexity index is 1810. The standard InChI is InChI=1S/C33H42N8O3S/c1-20(2)44-29-16-23-15-25-28(19-41-13-11-40(6)12-14-41)38-39-31(25)24(23)17-27(29)36-33-34-18-22(5)32(37-33)35-26-9-7-8-10-30(26)45(42,43)21(3)4/h7-10,16-18,20-21H,11-15,19H2,1-6H3,(H,38,39)(H2,34,35,36,37). The third-order valence-corrected chi connectivity index (χ3v) is 10.6. The normalized spacial score (nSPS) is 15.4. The van der Waals surface area contributed by atoms with E-state index in [0.29, 0.717) is 17.5 Å². The fourth-order valence-electron chi connectivity index (χ4n) is 5.75. The van der Waals surface area contributed by atoms with Crippen molar-refractivity contribution in [3.8, 4) is 17.0 Å². The topological polar surface area (TPSA) is 128 Å². The van der Waals surface area contributed by atoms with Crippen LogP contribution in [-0.2, 0) is 22.8 Å². The zero-order valence-electron chi connectivity index (χ0n) is 26.8. The highest BCUT2D eigenvalue weighted by atomic mass is 32.2. The second-order valence-electron chi connectivity index (χ2n) is 12.5. The molecule has 1 aliphatic carbocycles. The number of aromatic nitrogens is 4. The van der Waals surface area contributed by atoms with E-state index in [1.165, 1.54) is 11.1 Å². The molecule has 0 radical (unpaired) electrons. The Labute approximate surface area is 265 Å². The number of anilines is 4. The highest BCUT2D eigenvalue weighted by molar-refractivity contribution is 7.92. The van der Waals surface area contributed by atoms with Crippen LogP contribution in [0, 0.1) is 6.92 Å². The maximum Gasteiger partial charge on any atom is 0.229 e. The van der Waals surface area contributed by atoms with Gasteiger partial charge in [-0.2, -0.15) is 10.1 Å². The number of para-hydroxylation sites is 1. The summed E-state index contributed by atoms with van der Waals surface area (Å²) in [5.41, 5.74) is 7.65. The highest BCUT2D eigenvalue weighted by Gasteiger charge is 2.28. The Balaban J connectivity index is 1.29. The fraction of sp³-hybridized carbons (Fsp3) is 0.424. The smallest absolute Gasteiger partial charge is 0.229 e. The van der Waals surface area contributed by atoms with Gasteiger partial charge in [-0.3, -0.25) is 10.00 Å². The average Bonchev–Trinajstić information content (AvgIpc) is 3.55. The first-order valence-electron chi connectivity index (χ1n) is 15.5. The number of sulfone groups is 1. The van der Waals surface area contributed by atoms with Gasteiger partial charge in [-0.1, -0.05) is 12.1 Å². The number of rotatable bonds is 10. The van der Waals surface area contributed by atoms with Crippen molar-refractivity contribution in [3.05, 3.63) is 65.0 Å². The number of hydrogen-bond acceptors (Lipinski definition) is 10. The van der Waals surface area contributed by atoms with Crippen molar-refractivity contribution < 1.29 is 13.2 Å². The molecule has 0 atom stereocenters. The number of fused-ring (bicyclic) bond motifs is 3. The van der Waals surface area contributed by atoms with Crippen LogP contribution in [0.2, 0.25) is 0 Å². The van der Waals surface area contributed by atoms with Crippen molar-refractivity contribution in [2.75, 3.05) is 43.9 Å². The van der Waals surface area contributed by atoms with Gasteiger partial charge in [-0.05, 0) is 71.5 Å². The summed E-state index contributed by atoms with van der Waals surface area (Å²) in [6.07, 6.45) is 2.48. The number of nitrogens with one attached hydrogen (secondary N) is 3. The zero-order valence-corrected chi connectivity index (χ0v) is 27.6. The Morgan fingerprint density at radius 3 is 2.51 bits per heavy atom. The molecule has 0 saturated carbocycles. The molecule has 4 aromatic rings. The molecule has 0 amide bonds. The van der Waals surface area contributed by atoms with Crippen molar-refractivity contribution in [2.24, 2.45) is 0 Å². The van der Waals surface area contributed by atoms with Gasteiger partial charge in [-0.25, -0.2) is 13.4 Å². The summed E-state index contributed by atoms with van der Waals surface area (Å²) in [4.78, 5) is 14.4. The van der Waals surface area contributed by atoms with E-state index >= 15 is 0 Å². The van der Waals surface area contributed by atoms with Gasteiger partial charge in [0.2, 0.25) is 5.95 Å². The van der Waals surface area contributed by atoms with Gasteiger partial charge in [0.1, 0.15) is 11.6 Å². The summed E-state index contributed by atoms with van der Waals surface area (Å²) in [6, 6.07) is 11.1. The predicted octanol–water partition coefficient (Wildman–Crippen LogP) is 5.28. The molecule has 0 spiro atoms. The molecule has 11 nitrogen and oxygen atoms in total. The zero-order chi connectivity index (χ0) is 31.9. The van der Waals surface area contributed by atoms with Crippen molar-refractivity contribution in [1.29, 1.82) is 0 Å². The van der Waals surface area contributed by atoms with Crippen LogP contribution in [0.5, 0.6) is 5.75 Å². The van der Waals surface area contributed by atoms with Gasteiger partial charge in [0.15, 0.2) is 9.84 Å². The Morgan fingerprint density at radius 1 is 1.02 bits per heavy atom. The first kappa shape index (κ1) is 31.0. The third-order valence-electron chi connectivity index (χ3n) is 8.41. The van der Waals surface area contributed by atoms with E-state index in [4.69, 9.17) is 14.8 Å². The van der Waals surface area contributed by atoms with Gasteiger partial charge >= 0.3 is 0 Å². The highest BCUT2D eigenvalue weighted by Crippen LogP contribution is 2.43. The van der Waals surface area contributed by atoms with E-state index in [9.17, 15) is 8.42 Å². The minimum absolute atomic E-state index is 0.0344. The van der Waals surface area contributed by atoms with E-state index in [0.717, 1.165) is 73.1 Å². The number of likely N-dealkylation sites (N-methyl/N-ethyl adjacent to an activating group) is 1. The van der Waals surface area contributed by atoms with Crippen molar-refractivity contribution in [2.45, 2.75) is 63.8 Å². The number of aryl methyl sites for hydroxylation is 1. The molecule has 45 heavy (non-hydrogen) atoms. The number of benzene rings is 2. The van der Waals surface area contributed by atoms with Crippen LogP contribution in [0.25, 0.3) is 11.3 Å². The Morgan fingerprint density at radius 2 is 1.78 bits per heavy atom. The number of piperazine rings is 1. The number of nitrogens with zero attached hydrogens (tertiary/aromatic N) is 5. The minimum Gasteiger partial charge on any atom is -0.489 e. The van der Waals surface area contributed by atoms with Gasteiger partial charge in [0, 0.05) is 62.0 Å². The van der Waals surface area contributed by atoms with Crippen LogP contribution in [0.3, 0.4) is 0 Å². The summed E-state index contributed by atoms with van der Waals surface area (Å²) in [5.74, 6) is 1.59. The number of aromatic amines is 1. The first-order valence-corrected chi connectivity index (χ1v) is 17.1. The van der Waals surface area contributed by atoms with Crippen LogP contribution >= 0.6 is 0 Å². The van der Waals surface area contributed by atoms with Crippen LogP contribution in [0.4, 0.5) is 23.1 Å². The lowest BCUT2D eigenvalue weighted by Gasteiger charge is -2.31. The predicted molar refractivity (Wildman–Crippen MR) is 177 cm³/mol. The summed E-state index contributed by atoms with van der Waals surface area (Å²) >= 11 is 0. The Kier molecular flexibility index (Phi) is 8.55. The quantitative estimate of drug-likeness (QED) is 0.187. The third kappa shape index (κ3) is 6.40. The maximum absolute atomic E-state index is 13.0. The molecular formula is C33H42N8O3S. The summed E-state index contributed by atoms with van der Waals surface area (Å²) < 4.78 is 32.4. The molecule has 3 heterocycles. The van der Waals surface area contributed by atoms with Crippen LogP contribution in [-0.4, -0.2) is 83.0 Å². The summed E-state index contributed by atoms with van der Waals surface area (Å²) in [5, 5.41) is 14.1. The lowest BCUT2D eigenvalue weighted by atomic mass is 10.1. The molecule has 0 unspecified atom stereocenters. The van der Waals surface area contributed by atoms with Crippen LogP contribution in [0.1, 0.15) is 50.1 Å². The summed E-state index contributed by atoms with van der Waals surface area (Å²) in [6.45, 7) is 14.3. The molecule has 1 saturated heterocycles. The van der Waals surface area contributed by atoms with Gasteiger partial charge < -0.3 is 20.3 Å². The number of H-pyrrole nitrogens is 1. The number of ether oxygens (including phenoxy) is 1. The van der Waals surface area contributed by atoms with E-state index in [2.05, 4.69) is 49.7 Å². The summed E-state index contributed by atoms with van der Waals surface area (Å²) in [7, 11) is -1.34. The van der Waals surface area contributed by atoms with Gasteiger partial charge in [-0.15, -0.1) is 0 Å². The van der Waals surface area contributed by atoms with E-state index in [1.54, 1.807) is 44.3 Å². The second kappa shape index (κ2) is 12.4. The molecule has 3 N–H and O–H groups in total. The molecule has 0 bridgehead atoms. The lowest BCUT2D eigenvalue weighted by Crippen LogP contribution is -2.44. The molecular weight excluding hydrogens is 588 g/mol. The average molecular weight is 631 g/mol. The monoisotopic (exact) mass is 630 g/mol. The van der Waals surface area contributed by atoms with Gasteiger partial charge in [0.25, 0.3) is 0 Å². The van der Waals surface area contributed by atoms with Crippen molar-refractivity contribution in [3.63, 3.8) is 0 Å². The van der Waals surface area contributed by atoms with Crippen molar-refractivity contribution in [1.82, 2.24) is 30.0 Å².